The van der Waals surface area contributed by atoms with E-state index in [2.05, 4.69) is 31.0 Å². The Morgan fingerprint density at radius 3 is 1.78 bits per heavy atom. The molecule has 0 aromatic heterocycles. The van der Waals surface area contributed by atoms with Gasteiger partial charge in [-0.3, -0.25) is 0 Å². The van der Waals surface area contributed by atoms with Crippen LogP contribution in [0.4, 0.5) is 13.2 Å². The van der Waals surface area contributed by atoms with Gasteiger partial charge in [0.05, 0.1) is 10.9 Å². The topological polar surface area (TPSA) is 0 Å². The Kier molecular flexibility index (Phi) is 4.95. The maximum absolute atomic E-state index is 13.1. The van der Waals surface area contributed by atoms with E-state index in [1.165, 1.54) is 6.07 Å². The molecule has 0 aliphatic heterocycles. The molecule has 0 spiro atoms. The van der Waals surface area contributed by atoms with Crippen LogP contribution in [-0.4, -0.2) is 0 Å². The number of hydrogen-bond donors (Lipinski definition) is 0. The Labute approximate surface area is 123 Å². The fraction of sp³-hybridized carbons (Fsp3) is 0.500. The SMILES string of the molecule is Cc1cc(C(C)(C)C)c(P(Br)Br)c(C(F)(F)F)c1. The molecule has 1 aromatic rings. The maximum Gasteiger partial charge on any atom is 0.417 e. The highest BCUT2D eigenvalue weighted by Gasteiger charge is 2.37. The maximum atomic E-state index is 13.1. The van der Waals surface area contributed by atoms with Crippen molar-refractivity contribution in [3.63, 3.8) is 0 Å². The highest BCUT2D eigenvalue weighted by atomic mass is 79.9. The summed E-state index contributed by atoms with van der Waals surface area (Å²) in [6.45, 7) is 7.46. The van der Waals surface area contributed by atoms with Crippen molar-refractivity contribution in [1.29, 1.82) is 0 Å². The van der Waals surface area contributed by atoms with Gasteiger partial charge in [0.15, 0.2) is 0 Å². The number of hydrogen-bond acceptors (Lipinski definition) is 0. The van der Waals surface area contributed by atoms with E-state index in [-0.39, 0.29) is 5.41 Å². The van der Waals surface area contributed by atoms with Gasteiger partial charge in [-0.15, -0.1) is 0 Å². The lowest BCUT2D eigenvalue weighted by Crippen LogP contribution is -2.27. The van der Waals surface area contributed by atoms with Crippen LogP contribution in [0.3, 0.4) is 0 Å². The van der Waals surface area contributed by atoms with Crippen LogP contribution in [0.15, 0.2) is 12.1 Å². The van der Waals surface area contributed by atoms with Gasteiger partial charge in [-0.25, -0.2) is 0 Å². The second-order valence-corrected chi connectivity index (χ2v) is 13.2. The molecule has 0 bridgehead atoms. The number of benzene rings is 1. The van der Waals surface area contributed by atoms with E-state index in [1.807, 2.05) is 26.8 Å². The Bertz CT molecular complexity index is 413. The molecule has 1 aromatic carbocycles. The van der Waals surface area contributed by atoms with Crippen LogP contribution in [-0.2, 0) is 11.6 Å². The minimum atomic E-state index is -4.33. The van der Waals surface area contributed by atoms with E-state index in [9.17, 15) is 13.2 Å². The fourth-order valence-electron chi connectivity index (χ4n) is 1.75. The lowest BCUT2D eigenvalue weighted by molar-refractivity contribution is -0.136. The average molecular weight is 406 g/mol. The summed E-state index contributed by atoms with van der Waals surface area (Å²) < 4.78 is 39.4. The van der Waals surface area contributed by atoms with Crippen LogP contribution < -0.4 is 5.30 Å². The molecule has 0 saturated heterocycles. The molecule has 0 radical (unpaired) electrons. The molecule has 0 atom stereocenters. The van der Waals surface area contributed by atoms with Gasteiger partial charge in [-0.2, -0.15) is 13.2 Å². The minimum Gasteiger partial charge on any atom is -0.166 e. The van der Waals surface area contributed by atoms with Gasteiger partial charge in [0.25, 0.3) is 0 Å². The number of aryl methyl sites for hydroxylation is 1. The second kappa shape index (κ2) is 5.41. The molecule has 0 nitrogen and oxygen atoms in total. The lowest BCUT2D eigenvalue weighted by Gasteiger charge is -2.27. The molecule has 0 N–H and O–H groups in total. The van der Waals surface area contributed by atoms with Crippen LogP contribution in [0.2, 0.25) is 0 Å². The van der Waals surface area contributed by atoms with Crippen molar-refractivity contribution in [2.75, 3.05) is 0 Å². The predicted octanol–water partition coefficient (Wildman–Crippen LogP) is 6.04. The summed E-state index contributed by atoms with van der Waals surface area (Å²) in [7, 11) is 0. The van der Waals surface area contributed by atoms with Crippen molar-refractivity contribution in [3.8, 4) is 0 Å². The van der Waals surface area contributed by atoms with Gasteiger partial charge in [-0.05, 0) is 54.9 Å². The molecule has 0 saturated carbocycles. The first-order valence-corrected chi connectivity index (χ1v) is 10.7. The third kappa shape index (κ3) is 3.71. The van der Waals surface area contributed by atoms with Crippen LogP contribution in [0.5, 0.6) is 0 Å². The smallest absolute Gasteiger partial charge is 0.166 e. The van der Waals surface area contributed by atoms with Gasteiger partial charge in [-0.1, -0.05) is 32.4 Å². The number of rotatable bonds is 1. The Hall–Kier alpha value is 0.400. The monoisotopic (exact) mass is 404 g/mol. The zero-order valence-corrected chi connectivity index (χ0v) is 14.6. The van der Waals surface area contributed by atoms with Gasteiger partial charge in [0, 0.05) is 5.30 Å². The largest absolute Gasteiger partial charge is 0.417 e. The number of alkyl halides is 3. The molecular formula is C12H14Br2F3P. The highest BCUT2D eigenvalue weighted by molar-refractivity contribution is 9.70. The first kappa shape index (κ1) is 16.5. The molecule has 0 aliphatic rings. The minimum absolute atomic E-state index is 0.329. The first-order chi connectivity index (χ1) is 7.94. The van der Waals surface area contributed by atoms with Gasteiger partial charge >= 0.3 is 6.18 Å². The van der Waals surface area contributed by atoms with E-state index < -0.39 is 17.1 Å². The summed E-state index contributed by atoms with van der Waals surface area (Å²) in [5.74, 6) is 0. The molecule has 6 heteroatoms. The van der Waals surface area contributed by atoms with Gasteiger partial charge < -0.3 is 0 Å². The molecule has 102 valence electrons. The molecule has 0 heterocycles. The molecule has 0 unspecified atom stereocenters. The summed E-state index contributed by atoms with van der Waals surface area (Å²) in [5.41, 5.74) is 0.485. The van der Waals surface area contributed by atoms with E-state index >= 15 is 0 Å². The van der Waals surface area contributed by atoms with Crippen molar-refractivity contribution in [1.82, 2.24) is 0 Å². The van der Waals surface area contributed by atoms with Crippen molar-refractivity contribution in [3.05, 3.63) is 28.8 Å². The first-order valence-electron chi connectivity index (χ1n) is 5.28. The molecular weight excluding hydrogens is 392 g/mol. The Morgan fingerprint density at radius 1 is 1.00 bits per heavy atom. The van der Waals surface area contributed by atoms with Crippen LogP contribution in [0.1, 0.15) is 37.5 Å². The van der Waals surface area contributed by atoms with Crippen molar-refractivity contribution in [2.24, 2.45) is 0 Å². The average Bonchev–Trinajstić information content (AvgIpc) is 2.12. The van der Waals surface area contributed by atoms with Crippen LogP contribution >= 0.6 is 36.3 Å². The third-order valence-corrected chi connectivity index (χ3v) is 5.48. The van der Waals surface area contributed by atoms with E-state index in [0.29, 0.717) is 10.9 Å². The third-order valence-electron chi connectivity index (χ3n) is 2.54. The second-order valence-electron chi connectivity index (χ2n) is 5.19. The molecule has 0 aliphatic carbocycles. The van der Waals surface area contributed by atoms with Gasteiger partial charge in [0.1, 0.15) is 0 Å². The fourth-order valence-corrected chi connectivity index (χ4v) is 5.00. The lowest BCUT2D eigenvalue weighted by atomic mass is 9.85. The summed E-state index contributed by atoms with van der Waals surface area (Å²) in [6.07, 6.45) is -4.33. The zero-order valence-electron chi connectivity index (χ0n) is 10.5. The highest BCUT2D eigenvalue weighted by Crippen LogP contribution is 2.55. The van der Waals surface area contributed by atoms with E-state index in [0.717, 1.165) is 5.56 Å². The Balaban J connectivity index is 3.68. The van der Waals surface area contributed by atoms with E-state index in [4.69, 9.17) is 0 Å². The van der Waals surface area contributed by atoms with Crippen LogP contribution in [0.25, 0.3) is 0 Å². The molecule has 18 heavy (non-hydrogen) atoms. The Morgan fingerprint density at radius 2 is 1.44 bits per heavy atom. The van der Waals surface area contributed by atoms with Crippen molar-refractivity contribution >= 4 is 41.6 Å². The quantitative estimate of drug-likeness (QED) is 0.500. The number of halogens is 5. The van der Waals surface area contributed by atoms with Crippen molar-refractivity contribution in [2.45, 2.75) is 39.3 Å². The van der Waals surface area contributed by atoms with Crippen molar-refractivity contribution < 1.29 is 13.2 Å². The summed E-state index contributed by atoms with van der Waals surface area (Å²) >= 11 is 6.55. The summed E-state index contributed by atoms with van der Waals surface area (Å²) in [4.78, 5) is 0. The zero-order chi connectivity index (χ0) is 14.3. The normalized spacial score (nSPS) is 13.2. The summed E-state index contributed by atoms with van der Waals surface area (Å²) in [5, 5.41) is -0.844. The van der Waals surface area contributed by atoms with Crippen LogP contribution in [0, 0.1) is 6.92 Å². The molecule has 0 amide bonds. The standard InChI is InChI=1S/C12H14Br2F3P/c1-7-5-8(11(2,3)4)10(18(13)14)9(6-7)12(15,16)17/h5-6H,1-4H3. The van der Waals surface area contributed by atoms with E-state index in [1.54, 1.807) is 6.92 Å². The molecule has 1 rings (SSSR count). The van der Waals surface area contributed by atoms with Gasteiger partial charge in [0.2, 0.25) is 0 Å². The summed E-state index contributed by atoms with van der Waals surface area (Å²) in [6, 6.07) is 3.05. The molecule has 0 fully saturated rings. The predicted molar refractivity (Wildman–Crippen MR) is 79.3 cm³/mol.